The fraction of sp³-hybridized carbons (Fsp3) is 0.100. The molecular formula is C20H17N5O2. The molecule has 0 bridgehead atoms. The SMILES string of the molecule is NC(=O)CCn1nc(-c2c(-c3ccccc3)nn3ccccc23)ccc1=O. The predicted octanol–water partition coefficient (Wildman–Crippen LogP) is 2.10. The summed E-state index contributed by atoms with van der Waals surface area (Å²) in [6.07, 6.45) is 1.92. The van der Waals surface area contributed by atoms with Gasteiger partial charge < -0.3 is 5.73 Å². The van der Waals surface area contributed by atoms with Gasteiger partial charge >= 0.3 is 0 Å². The van der Waals surface area contributed by atoms with Crippen LogP contribution in [0.2, 0.25) is 0 Å². The molecule has 134 valence electrons. The van der Waals surface area contributed by atoms with Gasteiger partial charge in [-0.15, -0.1) is 0 Å². The molecule has 0 spiro atoms. The zero-order valence-corrected chi connectivity index (χ0v) is 14.4. The lowest BCUT2D eigenvalue weighted by atomic mass is 10.0. The summed E-state index contributed by atoms with van der Waals surface area (Å²) in [5.74, 6) is -0.477. The normalized spacial score (nSPS) is 11.0. The molecule has 0 unspecified atom stereocenters. The zero-order valence-electron chi connectivity index (χ0n) is 14.4. The Labute approximate surface area is 154 Å². The van der Waals surface area contributed by atoms with E-state index in [9.17, 15) is 9.59 Å². The molecule has 0 aliphatic carbocycles. The van der Waals surface area contributed by atoms with Crippen molar-refractivity contribution >= 4 is 11.4 Å². The van der Waals surface area contributed by atoms with E-state index in [-0.39, 0.29) is 18.5 Å². The zero-order chi connectivity index (χ0) is 18.8. The van der Waals surface area contributed by atoms with Crippen LogP contribution in [0.25, 0.3) is 28.0 Å². The van der Waals surface area contributed by atoms with E-state index in [4.69, 9.17) is 10.8 Å². The Hall–Kier alpha value is -3.74. The topological polar surface area (TPSA) is 95.3 Å². The number of carbonyl (C=O) groups excluding carboxylic acids is 1. The Balaban J connectivity index is 1.92. The van der Waals surface area contributed by atoms with E-state index < -0.39 is 5.91 Å². The van der Waals surface area contributed by atoms with Crippen molar-refractivity contribution in [3.05, 3.63) is 77.2 Å². The Morgan fingerprint density at radius 3 is 2.52 bits per heavy atom. The molecule has 27 heavy (non-hydrogen) atoms. The molecule has 3 heterocycles. The number of amides is 1. The number of hydrogen-bond donors (Lipinski definition) is 1. The summed E-state index contributed by atoms with van der Waals surface area (Å²) in [5.41, 5.74) is 8.96. The molecule has 0 saturated carbocycles. The maximum atomic E-state index is 12.1. The van der Waals surface area contributed by atoms with E-state index in [0.717, 1.165) is 22.3 Å². The number of primary amides is 1. The number of hydrogen-bond acceptors (Lipinski definition) is 4. The maximum absolute atomic E-state index is 12.1. The molecule has 7 nitrogen and oxygen atoms in total. The van der Waals surface area contributed by atoms with Crippen molar-refractivity contribution in [3.63, 3.8) is 0 Å². The van der Waals surface area contributed by atoms with Crippen LogP contribution in [-0.4, -0.2) is 25.3 Å². The first kappa shape index (κ1) is 16.7. The number of rotatable bonds is 5. The highest BCUT2D eigenvalue weighted by atomic mass is 16.1. The van der Waals surface area contributed by atoms with Crippen LogP contribution in [0.5, 0.6) is 0 Å². The van der Waals surface area contributed by atoms with Gasteiger partial charge in [-0.1, -0.05) is 36.4 Å². The minimum atomic E-state index is -0.477. The highest BCUT2D eigenvalue weighted by Crippen LogP contribution is 2.33. The number of pyridine rings is 1. The third kappa shape index (κ3) is 3.22. The van der Waals surface area contributed by atoms with Gasteiger partial charge in [0.1, 0.15) is 5.69 Å². The molecule has 0 atom stereocenters. The van der Waals surface area contributed by atoms with E-state index in [2.05, 4.69) is 5.10 Å². The highest BCUT2D eigenvalue weighted by molar-refractivity contribution is 5.90. The second-order valence-electron chi connectivity index (χ2n) is 6.12. The van der Waals surface area contributed by atoms with Crippen molar-refractivity contribution in [2.45, 2.75) is 13.0 Å². The van der Waals surface area contributed by atoms with Crippen molar-refractivity contribution in [3.8, 4) is 22.5 Å². The van der Waals surface area contributed by atoms with E-state index in [1.165, 1.54) is 10.7 Å². The molecular weight excluding hydrogens is 342 g/mol. The molecule has 0 radical (unpaired) electrons. The Morgan fingerprint density at radius 2 is 1.74 bits per heavy atom. The molecule has 3 aromatic heterocycles. The lowest BCUT2D eigenvalue weighted by molar-refractivity contribution is -0.118. The average molecular weight is 359 g/mol. The summed E-state index contributed by atoms with van der Waals surface area (Å²) in [7, 11) is 0. The lowest BCUT2D eigenvalue weighted by Gasteiger charge is -2.07. The van der Waals surface area contributed by atoms with Gasteiger partial charge in [0.25, 0.3) is 5.56 Å². The molecule has 1 amide bonds. The number of aryl methyl sites for hydroxylation is 1. The molecule has 7 heteroatoms. The predicted molar refractivity (Wildman–Crippen MR) is 102 cm³/mol. The van der Waals surface area contributed by atoms with E-state index in [0.29, 0.717) is 5.69 Å². The van der Waals surface area contributed by atoms with Crippen LogP contribution >= 0.6 is 0 Å². The third-order valence-electron chi connectivity index (χ3n) is 4.28. The Kier molecular flexibility index (Phi) is 4.25. The summed E-state index contributed by atoms with van der Waals surface area (Å²) in [5, 5.41) is 9.17. The van der Waals surface area contributed by atoms with Crippen molar-refractivity contribution in [2.24, 2.45) is 5.73 Å². The molecule has 4 aromatic rings. The molecule has 4 rings (SSSR count). The molecule has 0 saturated heterocycles. The van der Waals surface area contributed by atoms with Crippen molar-refractivity contribution in [2.75, 3.05) is 0 Å². The van der Waals surface area contributed by atoms with Gasteiger partial charge in [0.2, 0.25) is 5.91 Å². The van der Waals surface area contributed by atoms with Crippen LogP contribution in [0.4, 0.5) is 0 Å². The first-order valence-corrected chi connectivity index (χ1v) is 8.53. The van der Waals surface area contributed by atoms with E-state index >= 15 is 0 Å². The van der Waals surface area contributed by atoms with E-state index in [1.807, 2.05) is 54.7 Å². The van der Waals surface area contributed by atoms with Crippen LogP contribution in [0, 0.1) is 0 Å². The van der Waals surface area contributed by atoms with Gasteiger partial charge in [0, 0.05) is 24.2 Å². The van der Waals surface area contributed by atoms with Crippen LogP contribution in [0.3, 0.4) is 0 Å². The molecule has 0 aliphatic heterocycles. The Bertz CT molecular complexity index is 1180. The maximum Gasteiger partial charge on any atom is 0.266 e. The fourth-order valence-electron chi connectivity index (χ4n) is 3.01. The summed E-state index contributed by atoms with van der Waals surface area (Å²) in [6, 6.07) is 18.7. The summed E-state index contributed by atoms with van der Waals surface area (Å²) < 4.78 is 3.06. The van der Waals surface area contributed by atoms with E-state index in [1.54, 1.807) is 10.6 Å². The number of carbonyl (C=O) groups is 1. The standard InChI is InChI=1S/C20H17N5O2/c21-17(26)11-13-25-18(27)10-9-15(22-25)19-16-8-4-5-12-24(16)23-20(19)14-6-2-1-3-7-14/h1-10,12H,11,13H2,(H2,21,26). The number of aromatic nitrogens is 4. The minimum absolute atomic E-state index is 0.0522. The smallest absolute Gasteiger partial charge is 0.266 e. The van der Waals surface area contributed by atoms with Crippen molar-refractivity contribution in [1.29, 1.82) is 0 Å². The first-order chi connectivity index (χ1) is 13.1. The average Bonchev–Trinajstić information content (AvgIpc) is 3.07. The molecule has 0 fully saturated rings. The minimum Gasteiger partial charge on any atom is -0.370 e. The van der Waals surface area contributed by atoms with Crippen molar-refractivity contribution in [1.82, 2.24) is 19.4 Å². The number of nitrogens with two attached hydrogens (primary N) is 1. The quantitative estimate of drug-likeness (QED) is 0.590. The number of fused-ring (bicyclic) bond motifs is 1. The van der Waals surface area contributed by atoms with Gasteiger partial charge in [-0.05, 0) is 18.2 Å². The van der Waals surface area contributed by atoms with Gasteiger partial charge in [-0.2, -0.15) is 10.2 Å². The molecule has 1 aromatic carbocycles. The van der Waals surface area contributed by atoms with Gasteiger partial charge in [-0.25, -0.2) is 9.20 Å². The number of benzene rings is 1. The second-order valence-corrected chi connectivity index (χ2v) is 6.12. The third-order valence-corrected chi connectivity index (χ3v) is 4.28. The lowest BCUT2D eigenvalue weighted by Crippen LogP contribution is -2.25. The van der Waals surface area contributed by atoms with Crippen LogP contribution in [-0.2, 0) is 11.3 Å². The molecule has 2 N–H and O–H groups in total. The summed E-state index contributed by atoms with van der Waals surface area (Å²) in [6.45, 7) is 0.141. The Morgan fingerprint density at radius 1 is 0.963 bits per heavy atom. The van der Waals surface area contributed by atoms with Gasteiger partial charge in [0.05, 0.1) is 23.3 Å². The summed E-state index contributed by atoms with van der Waals surface area (Å²) in [4.78, 5) is 23.2. The van der Waals surface area contributed by atoms with Crippen LogP contribution in [0.15, 0.2) is 71.7 Å². The highest BCUT2D eigenvalue weighted by Gasteiger charge is 2.18. The summed E-state index contributed by atoms with van der Waals surface area (Å²) >= 11 is 0. The van der Waals surface area contributed by atoms with Crippen molar-refractivity contribution < 1.29 is 4.79 Å². The molecule has 0 aliphatic rings. The largest absolute Gasteiger partial charge is 0.370 e. The first-order valence-electron chi connectivity index (χ1n) is 8.53. The fourth-order valence-corrected chi connectivity index (χ4v) is 3.01. The number of nitrogens with zero attached hydrogens (tertiary/aromatic N) is 4. The van der Waals surface area contributed by atoms with Crippen LogP contribution < -0.4 is 11.3 Å². The van der Waals surface area contributed by atoms with Crippen LogP contribution in [0.1, 0.15) is 6.42 Å². The monoisotopic (exact) mass is 359 g/mol. The van der Waals surface area contributed by atoms with Gasteiger partial charge in [0.15, 0.2) is 0 Å². The van der Waals surface area contributed by atoms with Gasteiger partial charge in [-0.3, -0.25) is 9.59 Å². The second kappa shape index (κ2) is 6.87.